The molecule has 0 bridgehead atoms. The van der Waals surface area contributed by atoms with Crippen LogP contribution in [0.2, 0.25) is 0 Å². The topological polar surface area (TPSA) is 89.6 Å². The number of nitrogens with one attached hydrogen (secondary N) is 2. The number of pyridine rings is 1. The molecule has 0 amide bonds. The lowest BCUT2D eigenvalue weighted by molar-refractivity contribution is 0.212. The SMILES string of the molecule is CCCc1ccccc1C1Cc2nc(OC)nc(N3CCCN/C(=C\C(=C(/C)CC)c4cccc(=O)[nH]4)C3)c2CN1C.FC1CC2CCCN2C1. The summed E-state index contributed by atoms with van der Waals surface area (Å²) in [7, 11) is 3.86. The van der Waals surface area contributed by atoms with Crippen LogP contribution < -0.4 is 20.5 Å². The van der Waals surface area contributed by atoms with E-state index in [1.54, 1.807) is 13.2 Å². The highest BCUT2D eigenvalue weighted by Crippen LogP contribution is 2.38. The number of aromatic amines is 1. The van der Waals surface area contributed by atoms with E-state index < -0.39 is 6.17 Å². The molecule has 4 aliphatic heterocycles. The molecule has 0 saturated carbocycles. The lowest BCUT2D eigenvalue weighted by atomic mass is 9.89. The number of hydrogen-bond donors (Lipinski definition) is 2. The molecule has 1 aromatic carbocycles. The van der Waals surface area contributed by atoms with Crippen LogP contribution in [0.5, 0.6) is 6.01 Å². The average Bonchev–Trinajstić information content (AvgIpc) is 3.63. The number of rotatable bonds is 8. The Morgan fingerprint density at radius 1 is 1.08 bits per heavy atom. The van der Waals surface area contributed by atoms with Gasteiger partial charge in [-0.05, 0) is 87.9 Å². The van der Waals surface area contributed by atoms with Crippen LogP contribution in [-0.4, -0.2) is 83.8 Å². The zero-order valence-electron chi connectivity index (χ0n) is 31.2. The number of aryl methyl sites for hydroxylation is 1. The first-order valence-corrected chi connectivity index (χ1v) is 19.0. The van der Waals surface area contributed by atoms with Crippen LogP contribution in [0, 0.1) is 0 Å². The molecule has 9 nitrogen and oxygen atoms in total. The lowest BCUT2D eigenvalue weighted by Crippen LogP contribution is -2.36. The second-order valence-corrected chi connectivity index (χ2v) is 14.5. The van der Waals surface area contributed by atoms with Crippen molar-refractivity contribution in [1.82, 2.24) is 30.1 Å². The fourth-order valence-corrected chi connectivity index (χ4v) is 8.14. The molecule has 3 aromatic rings. The maximum absolute atomic E-state index is 12.6. The van der Waals surface area contributed by atoms with E-state index in [1.807, 2.05) is 12.1 Å². The zero-order chi connectivity index (χ0) is 35.9. The lowest BCUT2D eigenvalue weighted by Gasteiger charge is -2.37. The summed E-state index contributed by atoms with van der Waals surface area (Å²) in [6.07, 6.45) is 9.90. The van der Waals surface area contributed by atoms with Crippen LogP contribution in [0.1, 0.15) is 93.4 Å². The Kier molecular flexibility index (Phi) is 12.3. The fraction of sp³-hybridized carbons (Fsp3) is 0.537. The van der Waals surface area contributed by atoms with E-state index in [0.29, 0.717) is 25.1 Å². The maximum Gasteiger partial charge on any atom is 0.318 e. The third-order valence-electron chi connectivity index (χ3n) is 10.9. The number of benzene rings is 1. The molecule has 51 heavy (non-hydrogen) atoms. The van der Waals surface area contributed by atoms with Crippen molar-refractivity contribution < 1.29 is 9.13 Å². The second-order valence-electron chi connectivity index (χ2n) is 14.5. The van der Waals surface area contributed by atoms with Crippen molar-refractivity contribution in [2.75, 3.05) is 51.8 Å². The van der Waals surface area contributed by atoms with Crippen LogP contribution in [0.25, 0.3) is 5.57 Å². The first-order chi connectivity index (χ1) is 24.8. The fourth-order valence-electron chi connectivity index (χ4n) is 8.14. The molecular weight excluding hydrogens is 641 g/mol. The number of aromatic nitrogens is 3. The van der Waals surface area contributed by atoms with E-state index >= 15 is 0 Å². The van der Waals surface area contributed by atoms with E-state index in [1.165, 1.54) is 35.1 Å². The molecule has 3 saturated heterocycles. The van der Waals surface area contributed by atoms with E-state index in [2.05, 4.69) is 83.2 Å². The molecule has 274 valence electrons. The normalized spacial score (nSPS) is 23.5. The van der Waals surface area contributed by atoms with Gasteiger partial charge >= 0.3 is 6.01 Å². The Bertz CT molecular complexity index is 1760. The Labute approximate surface area is 303 Å². The minimum Gasteiger partial charge on any atom is -0.467 e. The first kappa shape index (κ1) is 36.8. The largest absolute Gasteiger partial charge is 0.467 e. The van der Waals surface area contributed by atoms with Crippen molar-refractivity contribution in [3.8, 4) is 6.01 Å². The summed E-state index contributed by atoms with van der Waals surface area (Å²) in [5.74, 6) is 0.949. The van der Waals surface area contributed by atoms with Gasteiger partial charge in [0.1, 0.15) is 12.0 Å². The summed E-state index contributed by atoms with van der Waals surface area (Å²) in [6, 6.07) is 15.5. The summed E-state index contributed by atoms with van der Waals surface area (Å²) in [6.45, 7) is 11.6. The van der Waals surface area contributed by atoms with Gasteiger partial charge in [-0.2, -0.15) is 9.97 Å². The molecule has 7 rings (SSSR count). The summed E-state index contributed by atoms with van der Waals surface area (Å²) < 4.78 is 18.2. The van der Waals surface area contributed by atoms with Gasteiger partial charge in [-0.3, -0.25) is 14.6 Å². The van der Waals surface area contributed by atoms with Gasteiger partial charge < -0.3 is 19.9 Å². The first-order valence-electron chi connectivity index (χ1n) is 19.0. The van der Waals surface area contributed by atoms with Crippen molar-refractivity contribution in [3.05, 3.63) is 98.2 Å². The van der Waals surface area contributed by atoms with Gasteiger partial charge in [-0.25, -0.2) is 4.39 Å². The Balaban J connectivity index is 0.000000428. The average molecular weight is 698 g/mol. The van der Waals surface area contributed by atoms with Crippen molar-refractivity contribution in [3.63, 3.8) is 0 Å². The number of allylic oxidation sites excluding steroid dienone is 3. The number of nitrogens with zero attached hydrogens (tertiary/aromatic N) is 5. The third kappa shape index (κ3) is 8.72. The number of hydrogen-bond acceptors (Lipinski definition) is 8. The molecule has 2 N–H and O–H groups in total. The monoisotopic (exact) mass is 697 g/mol. The Hall–Kier alpha value is -4.02. The van der Waals surface area contributed by atoms with Crippen molar-refractivity contribution in [1.29, 1.82) is 0 Å². The highest BCUT2D eigenvalue weighted by molar-refractivity contribution is 5.75. The number of H-pyrrole nitrogens is 1. The third-order valence-corrected chi connectivity index (χ3v) is 10.9. The summed E-state index contributed by atoms with van der Waals surface area (Å²) >= 11 is 0. The summed E-state index contributed by atoms with van der Waals surface area (Å²) in [5, 5.41) is 3.65. The molecular formula is C41H56FN7O2. The number of alkyl halides is 1. The molecule has 0 radical (unpaired) electrons. The number of fused-ring (bicyclic) bond motifs is 2. The standard InChI is InChI=1S/C34H44N6O2.C7H12FN/c1-6-12-24-13-8-9-14-26(24)31-20-30-28(22-39(31)4)33(38-34(37-30)42-5)40-18-11-17-35-25(21-40)19-27(23(3)7-2)29-15-10-16-32(41)36-29;8-6-4-7-2-1-3-9(7)5-6/h8-10,13-16,19,31,35H,6-7,11-12,17-18,20-22H2,1-5H3,(H,36,41);6-7H,1-5H2/b25-19-,27-23-;. The molecule has 3 fully saturated rings. The Morgan fingerprint density at radius 3 is 2.69 bits per heavy atom. The van der Waals surface area contributed by atoms with Crippen LogP contribution in [0.4, 0.5) is 10.2 Å². The Morgan fingerprint density at radius 2 is 1.92 bits per heavy atom. The molecule has 10 heteroatoms. The molecule has 6 heterocycles. The van der Waals surface area contributed by atoms with E-state index in [9.17, 15) is 9.18 Å². The molecule has 0 spiro atoms. The summed E-state index contributed by atoms with van der Waals surface area (Å²) in [5.41, 5.74) is 9.17. The quantitative estimate of drug-likeness (QED) is 0.272. The number of ether oxygens (including phenoxy) is 1. The van der Waals surface area contributed by atoms with Crippen molar-refractivity contribution >= 4 is 11.4 Å². The minimum atomic E-state index is -0.518. The van der Waals surface area contributed by atoms with Crippen LogP contribution in [0.3, 0.4) is 0 Å². The van der Waals surface area contributed by atoms with E-state index in [4.69, 9.17) is 14.7 Å². The van der Waals surface area contributed by atoms with Crippen LogP contribution in [0.15, 0.2) is 64.6 Å². The van der Waals surface area contributed by atoms with Gasteiger partial charge in [0.2, 0.25) is 5.56 Å². The van der Waals surface area contributed by atoms with Crippen molar-refractivity contribution in [2.24, 2.45) is 0 Å². The van der Waals surface area contributed by atoms with Gasteiger partial charge in [0.05, 0.1) is 19.3 Å². The van der Waals surface area contributed by atoms with Gasteiger partial charge in [-0.15, -0.1) is 0 Å². The van der Waals surface area contributed by atoms with E-state index in [0.717, 1.165) is 93.2 Å². The van der Waals surface area contributed by atoms with Gasteiger partial charge in [0, 0.05) is 67.7 Å². The zero-order valence-corrected chi connectivity index (χ0v) is 31.2. The predicted molar refractivity (Wildman–Crippen MR) is 204 cm³/mol. The minimum absolute atomic E-state index is 0.0952. The van der Waals surface area contributed by atoms with Crippen LogP contribution in [-0.2, 0) is 19.4 Å². The smallest absolute Gasteiger partial charge is 0.318 e. The number of halogens is 1. The molecule has 3 atom stereocenters. The maximum atomic E-state index is 12.6. The molecule has 4 aliphatic rings. The van der Waals surface area contributed by atoms with Gasteiger partial charge in [0.25, 0.3) is 0 Å². The van der Waals surface area contributed by atoms with E-state index in [-0.39, 0.29) is 11.6 Å². The van der Waals surface area contributed by atoms with Crippen LogP contribution >= 0.6 is 0 Å². The highest BCUT2D eigenvalue weighted by atomic mass is 19.1. The van der Waals surface area contributed by atoms with Gasteiger partial charge in [0.15, 0.2) is 0 Å². The van der Waals surface area contributed by atoms with Gasteiger partial charge in [-0.1, -0.05) is 56.2 Å². The van der Waals surface area contributed by atoms with Crippen molar-refractivity contribution in [2.45, 2.75) is 96.9 Å². The molecule has 0 aliphatic carbocycles. The molecule has 2 aromatic heterocycles. The summed E-state index contributed by atoms with van der Waals surface area (Å²) in [4.78, 5) is 32.1. The molecule has 3 unspecified atom stereocenters. The second kappa shape index (κ2) is 17.0. The number of likely N-dealkylation sites (N-methyl/N-ethyl adjacent to an activating group) is 1. The highest BCUT2D eigenvalue weighted by Gasteiger charge is 2.35. The number of methoxy groups -OCH3 is 1. The predicted octanol–water partition coefficient (Wildman–Crippen LogP) is 6.62. The number of anilines is 1.